The molecule has 13 heteroatoms. The van der Waals surface area contributed by atoms with Crippen molar-refractivity contribution < 1.29 is 31.5 Å². The van der Waals surface area contributed by atoms with Crippen LogP contribution in [-0.4, -0.2) is 73.1 Å². The van der Waals surface area contributed by atoms with Gasteiger partial charge in [-0.25, -0.2) is 8.78 Å². The van der Waals surface area contributed by atoms with E-state index >= 15 is 4.39 Å². The Morgan fingerprint density at radius 2 is 1.74 bits per heavy atom. The zero-order valence-corrected chi connectivity index (χ0v) is 21.8. The Morgan fingerprint density at radius 1 is 1.03 bits per heavy atom. The zero-order chi connectivity index (χ0) is 28.3. The van der Waals surface area contributed by atoms with Crippen molar-refractivity contribution in [2.75, 3.05) is 49.5 Å². The first-order valence-corrected chi connectivity index (χ1v) is 13.0. The van der Waals surface area contributed by atoms with Crippen LogP contribution in [0.25, 0.3) is 0 Å². The molecule has 2 heterocycles. The fraction of sp³-hybridized carbons (Fsp3) is 0.462. The lowest BCUT2D eigenvalue weighted by Crippen LogP contribution is -2.47. The van der Waals surface area contributed by atoms with Crippen LogP contribution in [0.4, 0.5) is 33.3 Å². The molecule has 0 radical (unpaired) electrons. The molecule has 3 N–H and O–H groups in total. The van der Waals surface area contributed by atoms with Crippen LogP contribution in [0.5, 0.6) is 0 Å². The molecule has 39 heavy (non-hydrogen) atoms. The van der Waals surface area contributed by atoms with Gasteiger partial charge in [-0.3, -0.25) is 19.4 Å². The first kappa shape index (κ1) is 29.0. The summed E-state index contributed by atoms with van der Waals surface area (Å²) in [6.45, 7) is 1.94. The average Bonchev–Trinajstić information content (AvgIpc) is 3.35. The number of nitrogens with zero attached hydrogens (tertiary/aromatic N) is 3. The predicted molar refractivity (Wildman–Crippen MR) is 138 cm³/mol. The van der Waals surface area contributed by atoms with Gasteiger partial charge in [-0.2, -0.15) is 13.2 Å². The smallest absolute Gasteiger partial charge is 0.368 e. The van der Waals surface area contributed by atoms with Crippen molar-refractivity contribution in [1.29, 1.82) is 0 Å². The number of amides is 2. The molecule has 2 aromatic rings. The maximum atomic E-state index is 15.0. The zero-order valence-electron chi connectivity index (χ0n) is 21.0. The second kappa shape index (κ2) is 12.1. The summed E-state index contributed by atoms with van der Waals surface area (Å²) < 4.78 is 67.6. The van der Waals surface area contributed by atoms with Crippen LogP contribution in [0, 0.1) is 11.6 Å². The number of alkyl halides is 3. The molecule has 2 aliphatic rings. The predicted octanol–water partition coefficient (Wildman–Crippen LogP) is 4.39. The Morgan fingerprint density at radius 3 is 2.41 bits per heavy atom. The number of nitrogens with two attached hydrogens (primary N) is 1. The minimum absolute atomic E-state index is 0.00720. The molecular weight excluding hydrogens is 545 g/mol. The lowest BCUT2D eigenvalue weighted by atomic mass is 10.1. The number of anilines is 2. The Balaban J connectivity index is 1.45. The summed E-state index contributed by atoms with van der Waals surface area (Å²) in [5.41, 5.74) is 5.74. The number of carbonyl (C=O) groups excluding carboxylic acids is 2. The maximum absolute atomic E-state index is 15.0. The van der Waals surface area contributed by atoms with E-state index in [4.69, 9.17) is 17.3 Å². The number of hydrogen-bond donors (Lipinski definition) is 2. The number of likely N-dealkylation sites (tertiary alicyclic amines) is 1. The molecule has 0 saturated carbocycles. The van der Waals surface area contributed by atoms with E-state index in [-0.39, 0.29) is 18.7 Å². The van der Waals surface area contributed by atoms with E-state index in [0.717, 1.165) is 0 Å². The van der Waals surface area contributed by atoms with Crippen LogP contribution in [0.1, 0.15) is 35.2 Å². The Labute approximate surface area is 227 Å². The van der Waals surface area contributed by atoms with Gasteiger partial charge < -0.3 is 16.0 Å². The van der Waals surface area contributed by atoms with Crippen LogP contribution in [0.15, 0.2) is 30.3 Å². The van der Waals surface area contributed by atoms with E-state index in [2.05, 4.69) is 5.32 Å². The largest absolute Gasteiger partial charge is 0.390 e. The summed E-state index contributed by atoms with van der Waals surface area (Å²) in [5.74, 6) is -3.88. The topological polar surface area (TPSA) is 81.9 Å². The number of primary amides is 1. The Hall–Kier alpha value is -2.96. The first-order chi connectivity index (χ1) is 18.4. The Bertz CT molecular complexity index is 1220. The molecule has 0 aromatic heterocycles. The quantitative estimate of drug-likeness (QED) is 0.458. The fourth-order valence-corrected chi connectivity index (χ4v) is 5.17. The number of nitrogens with one attached hydrogen (secondary N) is 1. The Kier molecular flexibility index (Phi) is 8.97. The minimum atomic E-state index is -4.23. The molecule has 7 nitrogen and oxygen atoms in total. The van der Waals surface area contributed by atoms with Gasteiger partial charge in [0.25, 0.3) is 5.91 Å². The lowest BCUT2D eigenvalue weighted by molar-refractivity contribution is -0.138. The van der Waals surface area contributed by atoms with E-state index < -0.39 is 47.7 Å². The number of hydrogen-bond acceptors (Lipinski definition) is 5. The lowest BCUT2D eigenvalue weighted by Gasteiger charge is -2.37. The molecule has 4 rings (SSSR count). The van der Waals surface area contributed by atoms with Gasteiger partial charge in [0.2, 0.25) is 5.91 Å². The van der Waals surface area contributed by atoms with Crippen molar-refractivity contribution in [2.24, 2.45) is 5.73 Å². The highest BCUT2D eigenvalue weighted by atomic mass is 35.5. The molecule has 0 aliphatic carbocycles. The molecule has 2 saturated heterocycles. The molecule has 0 spiro atoms. The van der Waals surface area contributed by atoms with Crippen LogP contribution in [0.2, 0.25) is 5.02 Å². The molecule has 0 unspecified atom stereocenters. The van der Waals surface area contributed by atoms with Crippen LogP contribution >= 0.6 is 11.6 Å². The molecule has 2 amide bonds. The molecule has 0 bridgehead atoms. The van der Waals surface area contributed by atoms with Crippen molar-refractivity contribution in [2.45, 2.75) is 38.0 Å². The van der Waals surface area contributed by atoms with Gasteiger partial charge in [-0.05, 0) is 43.7 Å². The summed E-state index contributed by atoms with van der Waals surface area (Å²) in [6, 6.07) is 6.62. The van der Waals surface area contributed by atoms with Gasteiger partial charge in [0.05, 0.1) is 29.4 Å². The summed E-state index contributed by atoms with van der Waals surface area (Å²) in [6.07, 6.45) is -3.86. The molecule has 2 aromatic carbocycles. The molecule has 1 atom stereocenters. The second-order valence-corrected chi connectivity index (χ2v) is 10.2. The maximum Gasteiger partial charge on any atom is 0.390 e. The number of benzene rings is 2. The van der Waals surface area contributed by atoms with Gasteiger partial charge in [-0.15, -0.1) is 0 Å². The van der Waals surface area contributed by atoms with Crippen molar-refractivity contribution in [3.8, 4) is 0 Å². The molecule has 212 valence electrons. The highest BCUT2D eigenvalue weighted by Gasteiger charge is 2.31. The van der Waals surface area contributed by atoms with Gasteiger partial charge in [0, 0.05) is 49.9 Å². The highest BCUT2D eigenvalue weighted by molar-refractivity contribution is 6.31. The van der Waals surface area contributed by atoms with Crippen molar-refractivity contribution in [3.05, 3.63) is 58.1 Å². The third-order valence-corrected chi connectivity index (χ3v) is 7.34. The standard InChI is InChI=1S/C26H29ClF5N5O2/c27-17-4-6-19(21(14-17)36-12-10-35(11-13-36)9-7-26(30,31)32)34-25(39)18-5-3-16(22(28)23(18)29)15-37-8-1-2-20(37)24(33)38/h3-6,14,20H,1-2,7-13,15H2,(H2,33,38)(H,34,39)/t20-/m1/s1. The summed E-state index contributed by atoms with van der Waals surface area (Å²) in [5, 5.41) is 2.99. The minimum Gasteiger partial charge on any atom is -0.368 e. The van der Waals surface area contributed by atoms with Crippen LogP contribution < -0.4 is 16.0 Å². The van der Waals surface area contributed by atoms with Crippen molar-refractivity contribution >= 4 is 34.8 Å². The molecule has 2 fully saturated rings. The van der Waals surface area contributed by atoms with Crippen molar-refractivity contribution in [1.82, 2.24) is 9.80 Å². The van der Waals surface area contributed by atoms with E-state index in [0.29, 0.717) is 62.0 Å². The number of halogens is 6. The molecule has 2 aliphatic heterocycles. The third kappa shape index (κ3) is 7.17. The normalized spacial score (nSPS) is 18.9. The van der Waals surface area contributed by atoms with Crippen LogP contribution in [-0.2, 0) is 11.3 Å². The SMILES string of the molecule is NC(=O)[C@H]1CCCN1Cc1ccc(C(=O)Nc2ccc(Cl)cc2N2CCN(CCC(F)(F)F)CC2)c(F)c1F. The summed E-state index contributed by atoms with van der Waals surface area (Å²) in [7, 11) is 0. The van der Waals surface area contributed by atoms with E-state index in [1.165, 1.54) is 24.3 Å². The second-order valence-electron chi connectivity index (χ2n) is 9.74. The summed E-state index contributed by atoms with van der Waals surface area (Å²) >= 11 is 6.16. The number of piperazine rings is 1. The van der Waals surface area contributed by atoms with Gasteiger partial charge >= 0.3 is 6.18 Å². The third-order valence-electron chi connectivity index (χ3n) is 7.10. The molecular formula is C26H29ClF5N5O2. The monoisotopic (exact) mass is 573 g/mol. The first-order valence-electron chi connectivity index (χ1n) is 12.6. The highest BCUT2D eigenvalue weighted by Crippen LogP contribution is 2.32. The van der Waals surface area contributed by atoms with E-state index in [9.17, 15) is 27.2 Å². The number of carbonyl (C=O) groups is 2. The van der Waals surface area contributed by atoms with Gasteiger partial charge in [0.1, 0.15) is 0 Å². The van der Waals surface area contributed by atoms with Crippen molar-refractivity contribution in [3.63, 3.8) is 0 Å². The van der Waals surface area contributed by atoms with Crippen LogP contribution in [0.3, 0.4) is 0 Å². The number of rotatable bonds is 8. The average molecular weight is 574 g/mol. The van der Waals surface area contributed by atoms with E-state index in [1.54, 1.807) is 15.9 Å². The fourth-order valence-electron chi connectivity index (χ4n) is 5.00. The van der Waals surface area contributed by atoms with Gasteiger partial charge in [-0.1, -0.05) is 17.7 Å². The summed E-state index contributed by atoms with van der Waals surface area (Å²) in [4.78, 5) is 29.9. The van der Waals surface area contributed by atoms with Gasteiger partial charge in [0.15, 0.2) is 11.6 Å². The van der Waals surface area contributed by atoms with E-state index in [1.807, 2.05) is 4.90 Å².